The van der Waals surface area contributed by atoms with Crippen LogP contribution in [0.5, 0.6) is 0 Å². The third kappa shape index (κ3) is 4.88. The lowest BCUT2D eigenvalue weighted by Crippen LogP contribution is -2.19. The first-order valence-electron chi connectivity index (χ1n) is 9.37. The number of benzene rings is 3. The van der Waals surface area contributed by atoms with Gasteiger partial charge in [0.25, 0.3) is 0 Å². The predicted octanol–water partition coefficient (Wildman–Crippen LogP) is 5.42. The van der Waals surface area contributed by atoms with Crippen molar-refractivity contribution in [3.63, 3.8) is 0 Å². The zero-order chi connectivity index (χ0) is 20.9. The summed E-state index contributed by atoms with van der Waals surface area (Å²) >= 11 is 0. The van der Waals surface area contributed by atoms with E-state index in [1.165, 1.54) is 29.8 Å². The number of amides is 2. The first-order chi connectivity index (χ1) is 14.5. The van der Waals surface area contributed by atoms with Crippen molar-refractivity contribution >= 4 is 17.4 Å². The van der Waals surface area contributed by atoms with Gasteiger partial charge in [-0.3, -0.25) is 0 Å². The molecule has 150 valence electrons. The van der Waals surface area contributed by atoms with E-state index in [2.05, 4.69) is 20.8 Å². The molecule has 0 unspecified atom stereocenters. The molecule has 0 atom stereocenters. The van der Waals surface area contributed by atoms with E-state index in [-0.39, 0.29) is 5.82 Å². The number of halogens is 1. The van der Waals surface area contributed by atoms with Crippen molar-refractivity contribution in [2.24, 2.45) is 0 Å². The van der Waals surface area contributed by atoms with Gasteiger partial charge in [0.2, 0.25) is 11.8 Å². The van der Waals surface area contributed by atoms with Crippen LogP contribution in [0.25, 0.3) is 11.5 Å². The Morgan fingerprint density at radius 2 is 1.47 bits per heavy atom. The van der Waals surface area contributed by atoms with Crippen molar-refractivity contribution in [2.75, 3.05) is 10.6 Å². The molecule has 7 heteroatoms. The number of urea groups is 1. The fourth-order valence-corrected chi connectivity index (χ4v) is 2.85. The van der Waals surface area contributed by atoms with Crippen LogP contribution in [0.4, 0.5) is 20.6 Å². The Morgan fingerprint density at radius 1 is 0.867 bits per heavy atom. The van der Waals surface area contributed by atoms with Gasteiger partial charge in [-0.15, -0.1) is 10.2 Å². The molecule has 1 heterocycles. The number of carbonyl (C=O) groups excluding carboxylic acids is 1. The molecule has 30 heavy (non-hydrogen) atoms. The zero-order valence-corrected chi connectivity index (χ0v) is 16.2. The maximum atomic E-state index is 12.9. The summed E-state index contributed by atoms with van der Waals surface area (Å²) in [6, 6.07) is 20.3. The van der Waals surface area contributed by atoms with Crippen LogP contribution in [0.3, 0.4) is 0 Å². The second kappa shape index (κ2) is 8.57. The minimum absolute atomic E-state index is 0.361. The number of nitrogens with one attached hydrogen (secondary N) is 2. The zero-order valence-electron chi connectivity index (χ0n) is 16.2. The second-order valence-corrected chi connectivity index (χ2v) is 6.83. The van der Waals surface area contributed by atoms with Gasteiger partial charge in [-0.25, -0.2) is 9.18 Å². The van der Waals surface area contributed by atoms with Crippen LogP contribution in [0, 0.1) is 12.7 Å². The van der Waals surface area contributed by atoms with Gasteiger partial charge in [0, 0.05) is 16.9 Å². The van der Waals surface area contributed by atoms with Gasteiger partial charge in [-0.1, -0.05) is 29.8 Å². The monoisotopic (exact) mass is 402 g/mol. The molecular weight excluding hydrogens is 383 g/mol. The van der Waals surface area contributed by atoms with Crippen LogP contribution >= 0.6 is 0 Å². The van der Waals surface area contributed by atoms with Crippen LogP contribution in [-0.4, -0.2) is 16.2 Å². The van der Waals surface area contributed by atoms with Gasteiger partial charge in [-0.2, -0.15) is 0 Å². The topological polar surface area (TPSA) is 80.0 Å². The Balaban J connectivity index is 1.37. The highest BCUT2D eigenvalue weighted by Crippen LogP contribution is 2.21. The van der Waals surface area contributed by atoms with Crippen molar-refractivity contribution in [2.45, 2.75) is 13.3 Å². The van der Waals surface area contributed by atoms with Crippen molar-refractivity contribution in [3.05, 3.63) is 95.6 Å². The lowest BCUT2D eigenvalue weighted by Gasteiger charge is -2.07. The average Bonchev–Trinajstić information content (AvgIpc) is 3.20. The largest absolute Gasteiger partial charge is 0.420 e. The Morgan fingerprint density at radius 3 is 2.10 bits per heavy atom. The molecule has 2 amide bonds. The molecule has 0 saturated heterocycles. The maximum Gasteiger partial charge on any atom is 0.323 e. The molecular formula is C23H19FN4O2. The summed E-state index contributed by atoms with van der Waals surface area (Å²) in [5.74, 6) is 0.591. The Labute approximate surface area is 172 Å². The van der Waals surface area contributed by atoms with E-state index in [0.29, 0.717) is 29.6 Å². The maximum absolute atomic E-state index is 12.9. The molecule has 0 aliphatic heterocycles. The summed E-state index contributed by atoms with van der Waals surface area (Å²) in [6.07, 6.45) is 0.566. The standard InChI is InChI=1S/C23H19FN4O2/c1-15-2-4-16(5-3-15)14-21-27-28-22(30-21)17-6-10-19(11-7-17)25-23(29)26-20-12-8-18(24)9-13-20/h2-13H,14H2,1H3,(H2,25,26,29). The van der Waals surface area contributed by atoms with Crippen molar-refractivity contribution in [1.29, 1.82) is 0 Å². The number of aromatic nitrogens is 2. The Bertz CT molecular complexity index is 1140. The SMILES string of the molecule is Cc1ccc(Cc2nnc(-c3ccc(NC(=O)Nc4ccc(F)cc4)cc3)o2)cc1. The molecule has 0 spiro atoms. The highest BCUT2D eigenvalue weighted by molar-refractivity contribution is 5.99. The van der Waals surface area contributed by atoms with E-state index in [1.54, 1.807) is 24.3 Å². The van der Waals surface area contributed by atoms with Crippen molar-refractivity contribution < 1.29 is 13.6 Å². The smallest absolute Gasteiger partial charge is 0.323 e. The van der Waals surface area contributed by atoms with Crippen LogP contribution in [0.1, 0.15) is 17.0 Å². The third-order valence-electron chi connectivity index (χ3n) is 4.43. The summed E-state index contributed by atoms with van der Waals surface area (Å²) in [5.41, 5.74) is 4.14. The molecule has 0 fully saturated rings. The number of nitrogens with zero attached hydrogens (tertiary/aromatic N) is 2. The quantitative estimate of drug-likeness (QED) is 0.467. The van der Waals surface area contributed by atoms with Crippen molar-refractivity contribution in [3.8, 4) is 11.5 Å². The molecule has 4 rings (SSSR count). The van der Waals surface area contributed by atoms with Crippen LogP contribution < -0.4 is 10.6 Å². The molecule has 3 aromatic carbocycles. The Kier molecular flexibility index (Phi) is 5.52. The third-order valence-corrected chi connectivity index (χ3v) is 4.43. The fraction of sp³-hybridized carbons (Fsp3) is 0.0870. The number of anilines is 2. The van der Waals surface area contributed by atoms with Crippen LogP contribution in [0.15, 0.2) is 77.2 Å². The van der Waals surface area contributed by atoms with Gasteiger partial charge >= 0.3 is 6.03 Å². The molecule has 4 aromatic rings. The molecule has 0 aliphatic rings. The van der Waals surface area contributed by atoms with Crippen LogP contribution in [-0.2, 0) is 6.42 Å². The Hall–Kier alpha value is -4.00. The summed E-state index contributed by atoms with van der Waals surface area (Å²) in [4.78, 5) is 12.1. The molecule has 1 aromatic heterocycles. The molecule has 6 nitrogen and oxygen atoms in total. The normalized spacial score (nSPS) is 10.6. The van der Waals surface area contributed by atoms with Gasteiger partial charge < -0.3 is 15.1 Å². The van der Waals surface area contributed by atoms with Crippen LogP contribution in [0.2, 0.25) is 0 Å². The van der Waals surface area contributed by atoms with Crippen molar-refractivity contribution in [1.82, 2.24) is 10.2 Å². The van der Waals surface area contributed by atoms with E-state index in [9.17, 15) is 9.18 Å². The number of rotatable bonds is 5. The number of carbonyl (C=O) groups is 1. The fourth-order valence-electron chi connectivity index (χ4n) is 2.85. The van der Waals surface area contributed by atoms with E-state index >= 15 is 0 Å². The summed E-state index contributed by atoms with van der Waals surface area (Å²) < 4.78 is 18.7. The molecule has 0 radical (unpaired) electrons. The first-order valence-corrected chi connectivity index (χ1v) is 9.37. The number of hydrogen-bond acceptors (Lipinski definition) is 4. The van der Waals surface area contributed by atoms with E-state index in [1.807, 2.05) is 31.2 Å². The van der Waals surface area contributed by atoms with Gasteiger partial charge in [0.15, 0.2) is 0 Å². The molecule has 2 N–H and O–H groups in total. The summed E-state index contributed by atoms with van der Waals surface area (Å²) in [6.45, 7) is 2.04. The van der Waals surface area contributed by atoms with Gasteiger partial charge in [0.05, 0.1) is 6.42 Å². The number of aryl methyl sites for hydroxylation is 1. The lowest BCUT2D eigenvalue weighted by atomic mass is 10.1. The van der Waals surface area contributed by atoms with E-state index in [4.69, 9.17) is 4.42 Å². The highest BCUT2D eigenvalue weighted by atomic mass is 19.1. The molecule has 0 bridgehead atoms. The molecule has 0 saturated carbocycles. The molecule has 0 aliphatic carbocycles. The minimum Gasteiger partial charge on any atom is -0.420 e. The summed E-state index contributed by atoms with van der Waals surface area (Å²) in [7, 11) is 0. The average molecular weight is 402 g/mol. The van der Waals surface area contributed by atoms with Gasteiger partial charge in [-0.05, 0) is 61.0 Å². The summed E-state index contributed by atoms with van der Waals surface area (Å²) in [5, 5.41) is 13.6. The lowest BCUT2D eigenvalue weighted by molar-refractivity contribution is 0.262. The first kappa shape index (κ1) is 19.3. The highest BCUT2D eigenvalue weighted by Gasteiger charge is 2.10. The van der Waals surface area contributed by atoms with E-state index in [0.717, 1.165) is 11.1 Å². The predicted molar refractivity (Wildman–Crippen MR) is 113 cm³/mol. The van der Waals surface area contributed by atoms with E-state index < -0.39 is 6.03 Å². The minimum atomic E-state index is -0.424. The van der Waals surface area contributed by atoms with Gasteiger partial charge in [0.1, 0.15) is 5.82 Å². The second-order valence-electron chi connectivity index (χ2n) is 6.83. The number of hydrogen-bond donors (Lipinski definition) is 2.